The van der Waals surface area contributed by atoms with Crippen LogP contribution in [0.4, 0.5) is 16.3 Å². The predicted octanol–water partition coefficient (Wildman–Crippen LogP) is 1.17. The molecule has 13 heavy (non-hydrogen) atoms. The minimum Gasteiger partial charge on any atom is -0.465 e. The highest BCUT2D eigenvalue weighted by Crippen LogP contribution is 2.13. The van der Waals surface area contributed by atoms with Crippen molar-refractivity contribution in [2.24, 2.45) is 0 Å². The van der Waals surface area contributed by atoms with Crippen molar-refractivity contribution < 1.29 is 9.90 Å². The van der Waals surface area contributed by atoms with E-state index in [0.717, 1.165) is 4.90 Å². The number of anilines is 2. The minimum absolute atomic E-state index is 0.353. The highest BCUT2D eigenvalue weighted by Gasteiger charge is 2.12. The van der Waals surface area contributed by atoms with Crippen LogP contribution in [0, 0.1) is 0 Å². The zero-order valence-corrected chi connectivity index (χ0v) is 7.27. The lowest BCUT2D eigenvalue weighted by Crippen LogP contribution is -2.29. The van der Waals surface area contributed by atoms with Crippen molar-refractivity contribution in [1.82, 2.24) is 4.98 Å². The second kappa shape index (κ2) is 3.75. The van der Waals surface area contributed by atoms with Gasteiger partial charge in [0.15, 0.2) is 0 Å². The van der Waals surface area contributed by atoms with E-state index in [0.29, 0.717) is 18.1 Å². The molecule has 0 aliphatic heterocycles. The molecule has 5 nitrogen and oxygen atoms in total. The van der Waals surface area contributed by atoms with Crippen molar-refractivity contribution in [3.8, 4) is 0 Å². The van der Waals surface area contributed by atoms with E-state index in [2.05, 4.69) is 4.98 Å². The maximum Gasteiger partial charge on any atom is 0.412 e. The van der Waals surface area contributed by atoms with Gasteiger partial charge in [0.2, 0.25) is 0 Å². The smallest absolute Gasteiger partial charge is 0.412 e. The summed E-state index contributed by atoms with van der Waals surface area (Å²) in [7, 11) is 0. The van der Waals surface area contributed by atoms with Gasteiger partial charge < -0.3 is 10.8 Å². The van der Waals surface area contributed by atoms with Crippen LogP contribution in [0.5, 0.6) is 0 Å². The third-order valence-corrected chi connectivity index (χ3v) is 1.59. The summed E-state index contributed by atoms with van der Waals surface area (Å²) in [4.78, 5) is 15.7. The fourth-order valence-corrected chi connectivity index (χ4v) is 0.977. The Morgan fingerprint density at radius 3 is 2.92 bits per heavy atom. The molecular formula is C8H11N3O2. The third-order valence-electron chi connectivity index (χ3n) is 1.59. The van der Waals surface area contributed by atoms with Crippen LogP contribution in [-0.4, -0.2) is 22.7 Å². The predicted molar refractivity (Wildman–Crippen MR) is 49.7 cm³/mol. The van der Waals surface area contributed by atoms with Crippen molar-refractivity contribution in [2.45, 2.75) is 6.92 Å². The van der Waals surface area contributed by atoms with Crippen LogP contribution >= 0.6 is 0 Å². The second-order valence-corrected chi connectivity index (χ2v) is 2.47. The molecule has 0 fully saturated rings. The summed E-state index contributed by atoms with van der Waals surface area (Å²) >= 11 is 0. The van der Waals surface area contributed by atoms with E-state index in [1.165, 1.54) is 12.3 Å². The van der Waals surface area contributed by atoms with Gasteiger partial charge in [-0.2, -0.15) is 0 Å². The molecule has 0 spiro atoms. The van der Waals surface area contributed by atoms with E-state index in [9.17, 15) is 4.79 Å². The SMILES string of the molecule is CCN(C(=O)O)c1cc(N)ccn1. The van der Waals surface area contributed by atoms with E-state index in [1.54, 1.807) is 13.0 Å². The van der Waals surface area contributed by atoms with Crippen LogP contribution in [0.15, 0.2) is 18.3 Å². The Morgan fingerprint density at radius 1 is 1.77 bits per heavy atom. The van der Waals surface area contributed by atoms with Gasteiger partial charge in [-0.05, 0) is 13.0 Å². The maximum atomic E-state index is 10.7. The van der Waals surface area contributed by atoms with Crippen molar-refractivity contribution in [3.05, 3.63) is 18.3 Å². The number of carbonyl (C=O) groups is 1. The molecular weight excluding hydrogens is 170 g/mol. The van der Waals surface area contributed by atoms with Crippen LogP contribution in [0.3, 0.4) is 0 Å². The van der Waals surface area contributed by atoms with E-state index < -0.39 is 6.09 Å². The van der Waals surface area contributed by atoms with Gasteiger partial charge in [0.05, 0.1) is 0 Å². The van der Waals surface area contributed by atoms with Crippen molar-refractivity contribution in [2.75, 3.05) is 17.2 Å². The molecule has 0 saturated carbocycles. The first kappa shape index (κ1) is 9.31. The summed E-state index contributed by atoms with van der Waals surface area (Å²) in [5.41, 5.74) is 6.00. The molecule has 1 heterocycles. The Morgan fingerprint density at radius 2 is 2.46 bits per heavy atom. The fourth-order valence-electron chi connectivity index (χ4n) is 0.977. The number of nitrogens with two attached hydrogens (primary N) is 1. The Bertz CT molecular complexity index is 314. The zero-order chi connectivity index (χ0) is 9.84. The monoisotopic (exact) mass is 181 g/mol. The summed E-state index contributed by atoms with van der Waals surface area (Å²) < 4.78 is 0. The largest absolute Gasteiger partial charge is 0.465 e. The van der Waals surface area contributed by atoms with Crippen molar-refractivity contribution in [3.63, 3.8) is 0 Å². The Kier molecular flexibility index (Phi) is 2.69. The average Bonchev–Trinajstić information content (AvgIpc) is 2.04. The molecule has 0 aliphatic rings. The highest BCUT2D eigenvalue weighted by molar-refractivity contribution is 5.85. The lowest BCUT2D eigenvalue weighted by atomic mass is 10.4. The van der Waals surface area contributed by atoms with E-state index in [-0.39, 0.29) is 0 Å². The molecule has 70 valence electrons. The van der Waals surface area contributed by atoms with Crippen molar-refractivity contribution >= 4 is 17.6 Å². The number of hydrogen-bond donors (Lipinski definition) is 2. The number of aromatic nitrogens is 1. The van der Waals surface area contributed by atoms with Gasteiger partial charge in [0.25, 0.3) is 0 Å². The molecule has 0 saturated heterocycles. The summed E-state index contributed by atoms with van der Waals surface area (Å²) in [5.74, 6) is 0.356. The number of hydrogen-bond acceptors (Lipinski definition) is 3. The standard InChI is InChI=1S/C8H11N3O2/c1-2-11(8(12)13)7-5-6(9)3-4-10-7/h3-5H,2H2,1H3,(H2,9,10)(H,12,13). The summed E-state index contributed by atoms with van der Waals surface area (Å²) in [6.45, 7) is 2.09. The van der Waals surface area contributed by atoms with Gasteiger partial charge >= 0.3 is 6.09 Å². The maximum absolute atomic E-state index is 10.7. The molecule has 0 bridgehead atoms. The Balaban J connectivity index is 2.98. The molecule has 0 radical (unpaired) electrons. The van der Waals surface area contributed by atoms with Gasteiger partial charge in [0, 0.05) is 24.5 Å². The van der Waals surface area contributed by atoms with E-state index >= 15 is 0 Å². The van der Waals surface area contributed by atoms with E-state index in [4.69, 9.17) is 10.8 Å². The number of nitrogens with zero attached hydrogens (tertiary/aromatic N) is 2. The number of nitrogen functional groups attached to an aromatic ring is 1. The molecule has 0 aliphatic carbocycles. The number of carboxylic acid groups (broad SMARTS) is 1. The first-order valence-electron chi connectivity index (χ1n) is 3.87. The summed E-state index contributed by atoms with van der Waals surface area (Å²) in [6, 6.07) is 3.14. The first-order chi connectivity index (χ1) is 6.15. The topological polar surface area (TPSA) is 79.5 Å². The summed E-state index contributed by atoms with van der Waals surface area (Å²) in [6.07, 6.45) is 0.455. The molecule has 0 aromatic carbocycles. The van der Waals surface area contributed by atoms with Crippen LogP contribution in [0.25, 0.3) is 0 Å². The fraction of sp³-hybridized carbons (Fsp3) is 0.250. The minimum atomic E-state index is -1.03. The van der Waals surface area contributed by atoms with Gasteiger partial charge in [-0.1, -0.05) is 0 Å². The van der Waals surface area contributed by atoms with Gasteiger partial charge in [-0.3, -0.25) is 4.90 Å². The van der Waals surface area contributed by atoms with Gasteiger partial charge in [-0.25, -0.2) is 9.78 Å². The van der Waals surface area contributed by atoms with Crippen LogP contribution in [-0.2, 0) is 0 Å². The molecule has 1 amide bonds. The number of rotatable bonds is 2. The molecule has 0 atom stereocenters. The van der Waals surface area contributed by atoms with Crippen LogP contribution in [0.2, 0.25) is 0 Å². The van der Waals surface area contributed by atoms with E-state index in [1.807, 2.05) is 0 Å². The molecule has 0 unspecified atom stereocenters. The van der Waals surface area contributed by atoms with Gasteiger partial charge in [-0.15, -0.1) is 0 Å². The zero-order valence-electron chi connectivity index (χ0n) is 7.27. The molecule has 5 heteroatoms. The van der Waals surface area contributed by atoms with Crippen LogP contribution in [0.1, 0.15) is 6.92 Å². The molecule has 1 aromatic heterocycles. The Labute approximate surface area is 75.8 Å². The highest BCUT2D eigenvalue weighted by atomic mass is 16.4. The Hall–Kier alpha value is -1.78. The normalized spacial score (nSPS) is 9.62. The summed E-state index contributed by atoms with van der Waals surface area (Å²) in [5, 5.41) is 8.76. The molecule has 1 rings (SSSR count). The molecule has 1 aromatic rings. The average molecular weight is 181 g/mol. The lowest BCUT2D eigenvalue weighted by Gasteiger charge is -2.15. The first-order valence-corrected chi connectivity index (χ1v) is 3.87. The quantitative estimate of drug-likeness (QED) is 0.717. The number of pyridine rings is 1. The van der Waals surface area contributed by atoms with Crippen molar-refractivity contribution in [1.29, 1.82) is 0 Å². The second-order valence-electron chi connectivity index (χ2n) is 2.47. The third kappa shape index (κ3) is 2.08. The number of amides is 1. The van der Waals surface area contributed by atoms with Crippen LogP contribution < -0.4 is 10.6 Å². The molecule has 3 N–H and O–H groups in total. The lowest BCUT2D eigenvalue weighted by molar-refractivity contribution is 0.202. The van der Waals surface area contributed by atoms with Gasteiger partial charge in [0.1, 0.15) is 5.82 Å².